The number of nitrogens with zero attached hydrogens (tertiary/aromatic N) is 4. The van der Waals surface area contributed by atoms with Crippen molar-refractivity contribution in [1.82, 2.24) is 9.38 Å². The summed E-state index contributed by atoms with van der Waals surface area (Å²) in [5.41, 5.74) is 4.49. The fourth-order valence-electron chi connectivity index (χ4n) is 3.51. The highest BCUT2D eigenvalue weighted by molar-refractivity contribution is 5.86. The molecule has 0 bridgehead atoms. The van der Waals surface area contributed by atoms with Crippen LogP contribution in [0, 0.1) is 0 Å². The summed E-state index contributed by atoms with van der Waals surface area (Å²) in [5, 5.41) is 0. The maximum absolute atomic E-state index is 12.4. The van der Waals surface area contributed by atoms with Crippen LogP contribution >= 0.6 is 0 Å². The van der Waals surface area contributed by atoms with E-state index in [-0.39, 0.29) is 5.75 Å². The zero-order valence-corrected chi connectivity index (χ0v) is 15.3. The molecule has 5 nitrogen and oxygen atoms in total. The summed E-state index contributed by atoms with van der Waals surface area (Å²) in [4.78, 5) is 11.0. The third-order valence-electron chi connectivity index (χ3n) is 5.01. The highest BCUT2D eigenvalue weighted by Gasteiger charge is 2.31. The monoisotopic (exact) mass is 398 g/mol. The van der Waals surface area contributed by atoms with Crippen molar-refractivity contribution in [2.75, 3.05) is 11.4 Å². The van der Waals surface area contributed by atoms with Gasteiger partial charge in [0.2, 0.25) is 0 Å². The Morgan fingerprint density at radius 2 is 1.83 bits per heavy atom. The van der Waals surface area contributed by atoms with Crippen LogP contribution in [0.15, 0.2) is 59.9 Å². The number of rotatable bonds is 4. The summed E-state index contributed by atoms with van der Waals surface area (Å²) >= 11 is 0. The second-order valence-electron chi connectivity index (χ2n) is 7.08. The van der Waals surface area contributed by atoms with Crippen LogP contribution in [0.1, 0.15) is 30.1 Å². The van der Waals surface area contributed by atoms with E-state index >= 15 is 0 Å². The molecule has 0 amide bonds. The lowest BCUT2D eigenvalue weighted by atomic mass is 10.2. The lowest BCUT2D eigenvalue weighted by Crippen LogP contribution is -2.26. The standard InChI is InChI=1S/C21H17F3N4O/c22-21(23,24)29-16-8-6-15(7-9-16)27-11-10-25-12-19(27)18-2-1-3-20-26-17(13-28(18)20)14-4-5-14/h1-3,6-10,12-14H,4-5,11H2. The third-order valence-corrected chi connectivity index (χ3v) is 5.01. The van der Waals surface area contributed by atoms with Crippen LogP contribution < -0.4 is 9.64 Å². The fourth-order valence-corrected chi connectivity index (χ4v) is 3.51. The first-order valence-corrected chi connectivity index (χ1v) is 9.31. The molecular formula is C21H17F3N4O. The molecule has 1 aromatic carbocycles. The first-order chi connectivity index (χ1) is 14.0. The summed E-state index contributed by atoms with van der Waals surface area (Å²) in [7, 11) is 0. The Balaban J connectivity index is 1.50. The first-order valence-electron chi connectivity index (χ1n) is 9.31. The minimum Gasteiger partial charge on any atom is -0.406 e. The Bertz CT molecular complexity index is 1110. The molecule has 8 heteroatoms. The second kappa shape index (κ2) is 6.65. The van der Waals surface area contributed by atoms with Gasteiger partial charge in [-0.2, -0.15) is 0 Å². The van der Waals surface area contributed by atoms with Crippen molar-refractivity contribution in [1.29, 1.82) is 0 Å². The van der Waals surface area contributed by atoms with Crippen molar-refractivity contribution in [3.63, 3.8) is 0 Å². The van der Waals surface area contributed by atoms with Gasteiger partial charge >= 0.3 is 6.36 Å². The maximum Gasteiger partial charge on any atom is 0.573 e. The highest BCUT2D eigenvalue weighted by Crippen LogP contribution is 2.40. The molecule has 1 saturated carbocycles. The van der Waals surface area contributed by atoms with Crippen molar-refractivity contribution in [3.05, 3.63) is 66.2 Å². The number of halogens is 3. The smallest absolute Gasteiger partial charge is 0.406 e. The van der Waals surface area contributed by atoms with Gasteiger partial charge in [0.05, 0.1) is 29.8 Å². The van der Waals surface area contributed by atoms with E-state index in [4.69, 9.17) is 4.98 Å². The number of aliphatic imine (C=N–C) groups is 1. The Morgan fingerprint density at radius 1 is 1.03 bits per heavy atom. The van der Waals surface area contributed by atoms with Gasteiger partial charge in [-0.25, -0.2) is 4.98 Å². The van der Waals surface area contributed by atoms with E-state index in [9.17, 15) is 13.2 Å². The molecule has 2 aromatic heterocycles. The number of ether oxygens (including phenoxy) is 1. The van der Waals surface area contributed by atoms with Crippen molar-refractivity contribution in [3.8, 4) is 5.75 Å². The predicted octanol–water partition coefficient (Wildman–Crippen LogP) is 5.00. The SMILES string of the molecule is FC(F)(F)Oc1ccc(N2CC=NC=C2c2cccc3nc(C4CC4)cn23)cc1. The molecule has 0 unspecified atom stereocenters. The number of imidazole rings is 1. The van der Waals surface area contributed by atoms with Gasteiger partial charge in [-0.1, -0.05) is 6.07 Å². The van der Waals surface area contributed by atoms with E-state index in [0.29, 0.717) is 12.5 Å². The molecule has 1 aliphatic heterocycles. The molecular weight excluding hydrogens is 381 g/mol. The third kappa shape index (κ3) is 3.57. The maximum atomic E-state index is 12.4. The molecule has 0 saturated heterocycles. The predicted molar refractivity (Wildman–Crippen MR) is 104 cm³/mol. The van der Waals surface area contributed by atoms with Gasteiger partial charge in [-0.3, -0.25) is 9.39 Å². The van der Waals surface area contributed by atoms with Gasteiger partial charge in [0.1, 0.15) is 11.4 Å². The minimum atomic E-state index is -4.71. The molecule has 3 heterocycles. The van der Waals surface area contributed by atoms with Crippen LogP contribution in [0.25, 0.3) is 11.3 Å². The van der Waals surface area contributed by atoms with Crippen LogP contribution in [0.4, 0.5) is 18.9 Å². The van der Waals surface area contributed by atoms with E-state index in [0.717, 1.165) is 28.4 Å². The summed E-state index contributed by atoms with van der Waals surface area (Å²) < 4.78 is 43.3. The summed E-state index contributed by atoms with van der Waals surface area (Å²) in [5.74, 6) is 0.293. The number of alkyl halides is 3. The molecule has 5 rings (SSSR count). The number of fused-ring (bicyclic) bond motifs is 1. The quantitative estimate of drug-likeness (QED) is 0.621. The van der Waals surface area contributed by atoms with E-state index in [1.54, 1.807) is 24.5 Å². The fraction of sp³-hybridized carbons (Fsp3) is 0.238. The number of benzene rings is 1. The zero-order chi connectivity index (χ0) is 20.0. The van der Waals surface area contributed by atoms with Gasteiger partial charge < -0.3 is 9.64 Å². The number of pyridine rings is 1. The van der Waals surface area contributed by atoms with E-state index in [1.807, 2.05) is 23.1 Å². The van der Waals surface area contributed by atoms with E-state index in [2.05, 4.69) is 20.3 Å². The van der Waals surface area contributed by atoms with Crippen LogP contribution in [0.2, 0.25) is 0 Å². The van der Waals surface area contributed by atoms with Gasteiger partial charge in [0.15, 0.2) is 0 Å². The molecule has 0 N–H and O–H groups in total. The molecule has 148 valence electrons. The van der Waals surface area contributed by atoms with Crippen LogP contribution in [0.5, 0.6) is 5.75 Å². The normalized spacial score (nSPS) is 16.9. The lowest BCUT2D eigenvalue weighted by molar-refractivity contribution is -0.274. The summed E-state index contributed by atoms with van der Waals surface area (Å²) in [6.07, 6.45) is 3.22. The average Bonchev–Trinajstić information content (AvgIpc) is 3.46. The average molecular weight is 398 g/mol. The van der Waals surface area contributed by atoms with Crippen LogP contribution in [-0.2, 0) is 0 Å². The van der Waals surface area contributed by atoms with Crippen molar-refractivity contribution >= 4 is 23.2 Å². The molecule has 3 aromatic rings. The molecule has 0 spiro atoms. The highest BCUT2D eigenvalue weighted by atomic mass is 19.4. The Kier molecular flexibility index (Phi) is 4.08. The van der Waals surface area contributed by atoms with Crippen molar-refractivity contribution < 1.29 is 17.9 Å². The molecule has 29 heavy (non-hydrogen) atoms. The topological polar surface area (TPSA) is 42.1 Å². The number of aromatic nitrogens is 2. The van der Waals surface area contributed by atoms with Gasteiger partial charge in [-0.05, 0) is 49.2 Å². The molecule has 0 radical (unpaired) electrons. The summed E-state index contributed by atoms with van der Waals surface area (Å²) in [6, 6.07) is 11.8. The number of hydrogen-bond donors (Lipinski definition) is 0. The molecule has 1 fully saturated rings. The number of hydrogen-bond acceptors (Lipinski definition) is 4. The molecule has 1 aliphatic carbocycles. The lowest BCUT2D eigenvalue weighted by Gasteiger charge is -2.28. The first kappa shape index (κ1) is 17.8. The van der Waals surface area contributed by atoms with E-state index < -0.39 is 6.36 Å². The van der Waals surface area contributed by atoms with Gasteiger partial charge in [0.25, 0.3) is 0 Å². The van der Waals surface area contributed by atoms with Crippen LogP contribution in [-0.4, -0.2) is 28.5 Å². The van der Waals surface area contributed by atoms with Gasteiger partial charge in [-0.15, -0.1) is 13.2 Å². The molecule has 2 aliphatic rings. The molecule has 0 atom stereocenters. The summed E-state index contributed by atoms with van der Waals surface area (Å²) in [6.45, 7) is 0.506. The van der Waals surface area contributed by atoms with Crippen molar-refractivity contribution in [2.45, 2.75) is 25.1 Å². The Labute approximate surface area is 164 Å². The Hall–Kier alpha value is -3.29. The minimum absolute atomic E-state index is 0.247. The van der Waals surface area contributed by atoms with Gasteiger partial charge in [0, 0.05) is 24.0 Å². The zero-order valence-electron chi connectivity index (χ0n) is 15.3. The van der Waals surface area contributed by atoms with Crippen molar-refractivity contribution in [2.24, 2.45) is 4.99 Å². The number of anilines is 1. The van der Waals surface area contributed by atoms with Crippen LogP contribution in [0.3, 0.4) is 0 Å². The largest absolute Gasteiger partial charge is 0.573 e. The Morgan fingerprint density at radius 3 is 2.55 bits per heavy atom. The second-order valence-corrected chi connectivity index (χ2v) is 7.08. The van der Waals surface area contributed by atoms with E-state index in [1.165, 1.54) is 25.0 Å².